The molecule has 0 saturated carbocycles. The molecule has 5 heteroatoms. The van der Waals surface area contributed by atoms with Gasteiger partial charge in [-0.15, -0.1) is 0 Å². The molecule has 0 radical (unpaired) electrons. The molecule has 28 heavy (non-hydrogen) atoms. The first kappa shape index (κ1) is 21.6. The van der Waals surface area contributed by atoms with E-state index in [1.54, 1.807) is 38.5 Å². The lowest BCUT2D eigenvalue weighted by molar-refractivity contribution is -0.138. The molecule has 0 heterocycles. The Hall–Kier alpha value is -2.69. The van der Waals surface area contributed by atoms with E-state index in [2.05, 4.69) is 6.92 Å². The van der Waals surface area contributed by atoms with Crippen LogP contribution in [0, 0.1) is 0 Å². The summed E-state index contributed by atoms with van der Waals surface area (Å²) >= 11 is 0. The van der Waals surface area contributed by atoms with Crippen LogP contribution >= 0.6 is 0 Å². The highest BCUT2D eigenvalue weighted by Gasteiger charge is 2.22. The van der Waals surface area contributed by atoms with Crippen LogP contribution in [0.5, 0.6) is 17.2 Å². The van der Waals surface area contributed by atoms with Crippen molar-refractivity contribution in [2.45, 2.75) is 44.9 Å². The molecule has 0 spiro atoms. The van der Waals surface area contributed by atoms with Crippen molar-refractivity contribution < 1.29 is 24.1 Å². The predicted octanol–water partition coefficient (Wildman–Crippen LogP) is 5.07. The molecular formula is C23H30O5. The molecule has 0 aliphatic carbocycles. The van der Waals surface area contributed by atoms with Crippen LogP contribution < -0.4 is 14.2 Å². The molecule has 2 aromatic carbocycles. The van der Waals surface area contributed by atoms with E-state index in [0.29, 0.717) is 30.3 Å². The number of aliphatic carboxylic acids is 1. The zero-order valence-corrected chi connectivity index (χ0v) is 16.9. The summed E-state index contributed by atoms with van der Waals surface area (Å²) in [7, 11) is 3.20. The quantitative estimate of drug-likeness (QED) is 0.516. The summed E-state index contributed by atoms with van der Waals surface area (Å²) in [4.78, 5) is 11.9. The van der Waals surface area contributed by atoms with Gasteiger partial charge in [0.2, 0.25) is 0 Å². The number of carbonyl (C=O) groups is 1. The highest BCUT2D eigenvalue weighted by atomic mass is 16.5. The van der Waals surface area contributed by atoms with Gasteiger partial charge in [0.15, 0.2) is 0 Å². The molecule has 152 valence electrons. The normalized spacial score (nSPS) is 11.7. The van der Waals surface area contributed by atoms with Gasteiger partial charge < -0.3 is 19.3 Å². The zero-order chi connectivity index (χ0) is 20.4. The van der Waals surface area contributed by atoms with Crippen molar-refractivity contribution in [1.82, 2.24) is 0 Å². The van der Waals surface area contributed by atoms with Gasteiger partial charge in [-0.2, -0.15) is 0 Å². The number of carboxylic acid groups (broad SMARTS) is 1. The van der Waals surface area contributed by atoms with Crippen molar-refractivity contribution in [3.05, 3.63) is 53.6 Å². The van der Waals surface area contributed by atoms with Gasteiger partial charge >= 0.3 is 5.97 Å². The van der Waals surface area contributed by atoms with Crippen molar-refractivity contribution in [3.8, 4) is 17.2 Å². The summed E-state index contributed by atoms with van der Waals surface area (Å²) in [5.41, 5.74) is 1.59. The summed E-state index contributed by atoms with van der Waals surface area (Å²) in [6.45, 7) is 2.78. The van der Waals surface area contributed by atoms with Crippen molar-refractivity contribution >= 4 is 5.97 Å². The Kier molecular flexibility index (Phi) is 8.66. The van der Waals surface area contributed by atoms with Gasteiger partial charge in [-0.25, -0.2) is 0 Å². The van der Waals surface area contributed by atoms with Crippen LogP contribution in [0.3, 0.4) is 0 Å². The van der Waals surface area contributed by atoms with Gasteiger partial charge in [-0.3, -0.25) is 4.79 Å². The number of carboxylic acids is 1. The van der Waals surface area contributed by atoms with Crippen LogP contribution in [-0.2, 0) is 11.2 Å². The maximum absolute atomic E-state index is 11.9. The fourth-order valence-corrected chi connectivity index (χ4v) is 3.08. The standard InChI is InChI=1S/C23H30O5/c1-4-5-6-7-14-28-22-16-20(27-3)13-10-18(22)15-21(23(24)25)17-8-11-19(26-2)12-9-17/h8-13,16,21H,4-7,14-15H2,1-3H3,(H,24,25). The summed E-state index contributed by atoms with van der Waals surface area (Å²) in [6, 6.07) is 12.7. The molecule has 0 bridgehead atoms. The number of ether oxygens (including phenoxy) is 3. The molecule has 1 atom stereocenters. The SMILES string of the molecule is CCCCCCOc1cc(OC)ccc1CC(C(=O)O)c1ccc(OC)cc1. The fraction of sp³-hybridized carbons (Fsp3) is 0.435. The first-order valence-corrected chi connectivity index (χ1v) is 9.75. The fourth-order valence-electron chi connectivity index (χ4n) is 3.08. The third-order valence-corrected chi connectivity index (χ3v) is 4.77. The van der Waals surface area contributed by atoms with Crippen LogP contribution in [0.4, 0.5) is 0 Å². The molecule has 0 aromatic heterocycles. The van der Waals surface area contributed by atoms with Crippen LogP contribution in [0.2, 0.25) is 0 Å². The van der Waals surface area contributed by atoms with Gasteiger partial charge in [0.25, 0.3) is 0 Å². The Labute approximate surface area is 167 Å². The summed E-state index contributed by atoms with van der Waals surface area (Å²) in [5.74, 6) is 0.560. The maximum Gasteiger partial charge on any atom is 0.311 e. The minimum absolute atomic E-state index is 0.343. The van der Waals surface area contributed by atoms with Crippen molar-refractivity contribution in [3.63, 3.8) is 0 Å². The molecule has 2 aromatic rings. The summed E-state index contributed by atoms with van der Waals surface area (Å²) < 4.78 is 16.5. The van der Waals surface area contributed by atoms with E-state index in [9.17, 15) is 9.90 Å². The van der Waals surface area contributed by atoms with Gasteiger partial charge in [0, 0.05) is 6.07 Å². The van der Waals surface area contributed by atoms with Crippen LogP contribution in [-0.4, -0.2) is 31.9 Å². The average Bonchev–Trinajstić information content (AvgIpc) is 2.72. The lowest BCUT2D eigenvalue weighted by atomic mass is 9.91. The third-order valence-electron chi connectivity index (χ3n) is 4.77. The smallest absolute Gasteiger partial charge is 0.311 e. The molecule has 0 aliphatic rings. The maximum atomic E-state index is 11.9. The van der Waals surface area contributed by atoms with Crippen molar-refractivity contribution in [1.29, 1.82) is 0 Å². The molecule has 0 amide bonds. The number of hydrogen-bond donors (Lipinski definition) is 1. The van der Waals surface area contributed by atoms with Crippen molar-refractivity contribution in [2.75, 3.05) is 20.8 Å². The number of methoxy groups -OCH3 is 2. The Morgan fingerprint density at radius 3 is 2.25 bits per heavy atom. The van der Waals surface area contributed by atoms with Gasteiger partial charge in [-0.1, -0.05) is 44.4 Å². The van der Waals surface area contributed by atoms with E-state index in [0.717, 1.165) is 24.0 Å². The van der Waals surface area contributed by atoms with E-state index in [-0.39, 0.29) is 0 Å². The van der Waals surface area contributed by atoms with Crippen LogP contribution in [0.1, 0.15) is 49.7 Å². The number of rotatable bonds is 12. The molecule has 0 saturated heterocycles. The Balaban J connectivity index is 2.18. The molecule has 0 aliphatic heterocycles. The van der Waals surface area contributed by atoms with Gasteiger partial charge in [-0.05, 0) is 42.2 Å². The van der Waals surface area contributed by atoms with E-state index >= 15 is 0 Å². The first-order chi connectivity index (χ1) is 13.6. The second-order valence-electron chi connectivity index (χ2n) is 6.75. The Bertz CT molecular complexity index is 739. The van der Waals surface area contributed by atoms with E-state index < -0.39 is 11.9 Å². The summed E-state index contributed by atoms with van der Waals surface area (Å²) in [6.07, 6.45) is 4.81. The third kappa shape index (κ3) is 6.19. The van der Waals surface area contributed by atoms with Gasteiger partial charge in [0.05, 0.1) is 26.7 Å². The molecule has 1 N–H and O–H groups in total. The molecule has 2 rings (SSSR count). The topological polar surface area (TPSA) is 65.0 Å². The largest absolute Gasteiger partial charge is 0.497 e. The Morgan fingerprint density at radius 1 is 0.964 bits per heavy atom. The zero-order valence-electron chi connectivity index (χ0n) is 16.9. The minimum Gasteiger partial charge on any atom is -0.497 e. The van der Waals surface area contributed by atoms with E-state index in [1.807, 2.05) is 18.2 Å². The Morgan fingerprint density at radius 2 is 1.64 bits per heavy atom. The average molecular weight is 386 g/mol. The highest BCUT2D eigenvalue weighted by molar-refractivity contribution is 5.76. The van der Waals surface area contributed by atoms with Crippen molar-refractivity contribution in [2.24, 2.45) is 0 Å². The van der Waals surface area contributed by atoms with Crippen LogP contribution in [0.15, 0.2) is 42.5 Å². The summed E-state index contributed by atoms with van der Waals surface area (Å²) in [5, 5.41) is 9.78. The number of benzene rings is 2. The molecule has 0 fully saturated rings. The number of hydrogen-bond acceptors (Lipinski definition) is 4. The molecular weight excluding hydrogens is 356 g/mol. The highest BCUT2D eigenvalue weighted by Crippen LogP contribution is 2.31. The van der Waals surface area contributed by atoms with Crippen LogP contribution in [0.25, 0.3) is 0 Å². The first-order valence-electron chi connectivity index (χ1n) is 9.75. The van der Waals surface area contributed by atoms with Gasteiger partial charge in [0.1, 0.15) is 17.2 Å². The molecule has 1 unspecified atom stereocenters. The van der Waals surface area contributed by atoms with E-state index in [4.69, 9.17) is 14.2 Å². The second kappa shape index (κ2) is 11.2. The lowest BCUT2D eigenvalue weighted by Gasteiger charge is -2.17. The minimum atomic E-state index is -0.866. The molecule has 5 nitrogen and oxygen atoms in total. The lowest BCUT2D eigenvalue weighted by Crippen LogP contribution is -2.15. The number of unbranched alkanes of at least 4 members (excludes halogenated alkanes) is 3. The predicted molar refractivity (Wildman–Crippen MR) is 110 cm³/mol. The second-order valence-corrected chi connectivity index (χ2v) is 6.75. The van der Waals surface area contributed by atoms with E-state index in [1.165, 1.54) is 12.8 Å². The monoisotopic (exact) mass is 386 g/mol.